The van der Waals surface area contributed by atoms with Crippen molar-refractivity contribution in [2.24, 2.45) is 0 Å². The maximum Gasteiger partial charge on any atom is 0.411 e. The molecular weight excluding hydrogens is 344 g/mol. The van der Waals surface area contributed by atoms with Gasteiger partial charge in [-0.2, -0.15) is 0 Å². The molecule has 148 valence electrons. The molecule has 1 aromatic heterocycles. The third-order valence-electron chi connectivity index (χ3n) is 5.53. The summed E-state index contributed by atoms with van der Waals surface area (Å²) in [6.07, 6.45) is 4.87. The minimum absolute atomic E-state index is 0.0128. The Morgan fingerprint density at radius 1 is 1.30 bits per heavy atom. The lowest BCUT2D eigenvalue weighted by atomic mass is 9.98. The first-order valence-corrected chi connectivity index (χ1v) is 10.1. The molecule has 1 amide bonds. The van der Waals surface area contributed by atoms with Crippen LogP contribution in [0.5, 0.6) is 0 Å². The summed E-state index contributed by atoms with van der Waals surface area (Å²) >= 11 is 0. The molecule has 4 rings (SSSR count). The SMILES string of the molecule is Cc1nc2c(c(NC[C@H]3CCCO3)n1)[C@H]1CC[C@@H](C2)N1C(=O)OC(C)(C)C. The zero-order valence-corrected chi connectivity index (χ0v) is 16.7. The van der Waals surface area contributed by atoms with Crippen molar-refractivity contribution in [1.29, 1.82) is 0 Å². The lowest BCUT2D eigenvalue weighted by Gasteiger charge is -2.37. The predicted molar refractivity (Wildman–Crippen MR) is 102 cm³/mol. The van der Waals surface area contributed by atoms with Gasteiger partial charge in [-0.1, -0.05) is 0 Å². The van der Waals surface area contributed by atoms with E-state index >= 15 is 0 Å². The van der Waals surface area contributed by atoms with Gasteiger partial charge in [-0.25, -0.2) is 14.8 Å². The van der Waals surface area contributed by atoms with Crippen LogP contribution in [0.4, 0.5) is 10.6 Å². The van der Waals surface area contributed by atoms with Crippen LogP contribution in [0.3, 0.4) is 0 Å². The fourth-order valence-electron chi connectivity index (χ4n) is 4.48. The van der Waals surface area contributed by atoms with Gasteiger partial charge in [0.25, 0.3) is 0 Å². The molecular formula is C20H30N4O3. The molecule has 0 radical (unpaired) electrons. The van der Waals surface area contributed by atoms with Gasteiger partial charge >= 0.3 is 6.09 Å². The third kappa shape index (κ3) is 3.74. The summed E-state index contributed by atoms with van der Waals surface area (Å²) in [5.74, 6) is 1.63. The summed E-state index contributed by atoms with van der Waals surface area (Å²) in [5, 5.41) is 3.49. The number of fused-ring (bicyclic) bond motifs is 4. The van der Waals surface area contributed by atoms with Gasteiger partial charge in [0.15, 0.2) is 0 Å². The fraction of sp³-hybridized carbons (Fsp3) is 0.750. The van der Waals surface area contributed by atoms with E-state index < -0.39 is 5.60 Å². The number of aryl methyl sites for hydroxylation is 1. The van der Waals surface area contributed by atoms with Crippen LogP contribution >= 0.6 is 0 Å². The van der Waals surface area contributed by atoms with Gasteiger partial charge in [0.1, 0.15) is 17.2 Å². The molecule has 7 nitrogen and oxygen atoms in total. The van der Waals surface area contributed by atoms with Crippen molar-refractivity contribution in [2.45, 2.75) is 83.6 Å². The largest absolute Gasteiger partial charge is 0.444 e. The number of aromatic nitrogens is 2. The molecule has 2 saturated heterocycles. The van der Waals surface area contributed by atoms with Crippen LogP contribution in [-0.4, -0.2) is 51.9 Å². The number of rotatable bonds is 3. The van der Waals surface area contributed by atoms with Crippen LogP contribution in [0, 0.1) is 6.92 Å². The number of anilines is 1. The first-order chi connectivity index (χ1) is 12.8. The van der Waals surface area contributed by atoms with Gasteiger partial charge in [-0.15, -0.1) is 0 Å². The number of carbonyl (C=O) groups excluding carboxylic acids is 1. The second-order valence-corrected chi connectivity index (χ2v) is 8.83. The number of amides is 1. The first kappa shape index (κ1) is 18.5. The van der Waals surface area contributed by atoms with E-state index in [4.69, 9.17) is 14.5 Å². The van der Waals surface area contributed by atoms with Gasteiger partial charge in [-0.3, -0.25) is 4.90 Å². The Bertz CT molecular complexity index is 725. The van der Waals surface area contributed by atoms with Crippen molar-refractivity contribution in [2.75, 3.05) is 18.5 Å². The Labute approximate surface area is 160 Å². The topological polar surface area (TPSA) is 76.6 Å². The number of hydrogen-bond donors (Lipinski definition) is 1. The van der Waals surface area contributed by atoms with Crippen LogP contribution < -0.4 is 5.32 Å². The quantitative estimate of drug-likeness (QED) is 0.874. The Morgan fingerprint density at radius 2 is 2.11 bits per heavy atom. The van der Waals surface area contributed by atoms with E-state index in [2.05, 4.69) is 10.3 Å². The molecule has 7 heteroatoms. The van der Waals surface area contributed by atoms with Crippen molar-refractivity contribution in [3.05, 3.63) is 17.1 Å². The van der Waals surface area contributed by atoms with E-state index in [1.165, 1.54) is 0 Å². The van der Waals surface area contributed by atoms with E-state index in [0.29, 0.717) is 0 Å². The maximum atomic E-state index is 12.9. The Morgan fingerprint density at radius 3 is 2.81 bits per heavy atom. The molecule has 4 heterocycles. The van der Waals surface area contributed by atoms with E-state index in [1.807, 2.05) is 32.6 Å². The summed E-state index contributed by atoms with van der Waals surface area (Å²) < 4.78 is 11.4. The molecule has 2 bridgehead atoms. The van der Waals surface area contributed by atoms with E-state index in [1.54, 1.807) is 0 Å². The highest BCUT2D eigenvalue weighted by molar-refractivity contribution is 5.71. The standard InChI is InChI=1S/C20H30N4O3/c1-12-22-15-10-13-7-8-16(24(13)19(25)27-20(2,3)4)17(15)18(23-12)21-11-14-6-5-9-26-14/h13-14,16H,5-11H2,1-4H3,(H,21,22,23)/t13-,14+,16+/m0/s1. The zero-order valence-electron chi connectivity index (χ0n) is 16.7. The molecule has 3 atom stereocenters. The van der Waals surface area contributed by atoms with Crippen molar-refractivity contribution >= 4 is 11.9 Å². The van der Waals surface area contributed by atoms with Crippen LogP contribution in [0.25, 0.3) is 0 Å². The number of hydrogen-bond acceptors (Lipinski definition) is 6. The summed E-state index contributed by atoms with van der Waals surface area (Å²) in [7, 11) is 0. The molecule has 0 saturated carbocycles. The molecule has 0 spiro atoms. The van der Waals surface area contributed by atoms with Crippen molar-refractivity contribution in [1.82, 2.24) is 14.9 Å². The minimum atomic E-state index is -0.499. The fourth-order valence-corrected chi connectivity index (χ4v) is 4.48. The molecule has 1 aromatic rings. The Hall–Kier alpha value is -1.89. The molecule has 3 aliphatic heterocycles. The van der Waals surface area contributed by atoms with Gasteiger partial charge in [0.05, 0.1) is 17.8 Å². The summed E-state index contributed by atoms with van der Waals surface area (Å²) in [4.78, 5) is 24.2. The van der Waals surface area contributed by atoms with Gasteiger partial charge in [0.2, 0.25) is 0 Å². The zero-order chi connectivity index (χ0) is 19.2. The first-order valence-electron chi connectivity index (χ1n) is 10.1. The van der Waals surface area contributed by atoms with E-state index in [0.717, 1.165) is 68.2 Å². The van der Waals surface area contributed by atoms with Gasteiger partial charge in [-0.05, 0) is 53.4 Å². The highest BCUT2D eigenvalue weighted by atomic mass is 16.6. The number of nitrogens with one attached hydrogen (secondary N) is 1. The van der Waals surface area contributed by atoms with Crippen molar-refractivity contribution in [3.63, 3.8) is 0 Å². The summed E-state index contributed by atoms with van der Waals surface area (Å²) in [5.41, 5.74) is 1.64. The molecule has 3 aliphatic rings. The highest BCUT2D eigenvalue weighted by Gasteiger charge is 2.46. The molecule has 1 N–H and O–H groups in total. The smallest absolute Gasteiger partial charge is 0.411 e. The average molecular weight is 374 g/mol. The Balaban J connectivity index is 1.61. The molecule has 0 unspecified atom stereocenters. The van der Waals surface area contributed by atoms with Gasteiger partial charge < -0.3 is 14.8 Å². The van der Waals surface area contributed by atoms with Crippen LogP contribution in [-0.2, 0) is 15.9 Å². The Kier molecular flexibility index (Phi) is 4.74. The normalized spacial score (nSPS) is 26.8. The van der Waals surface area contributed by atoms with Crippen LogP contribution in [0.2, 0.25) is 0 Å². The van der Waals surface area contributed by atoms with Gasteiger partial charge in [0, 0.05) is 31.2 Å². The lowest BCUT2D eigenvalue weighted by molar-refractivity contribution is 0.0123. The minimum Gasteiger partial charge on any atom is -0.444 e. The monoisotopic (exact) mass is 374 g/mol. The molecule has 27 heavy (non-hydrogen) atoms. The van der Waals surface area contributed by atoms with E-state index in [-0.39, 0.29) is 24.3 Å². The molecule has 2 fully saturated rings. The maximum absolute atomic E-state index is 12.9. The lowest BCUT2D eigenvalue weighted by Crippen LogP contribution is -2.45. The van der Waals surface area contributed by atoms with Crippen LogP contribution in [0.1, 0.15) is 69.6 Å². The number of ether oxygens (including phenoxy) is 2. The summed E-state index contributed by atoms with van der Waals surface area (Å²) in [6, 6.07) is 0.152. The number of nitrogens with zero attached hydrogens (tertiary/aromatic N) is 3. The molecule has 0 aliphatic carbocycles. The average Bonchev–Trinajstić information content (AvgIpc) is 3.18. The second kappa shape index (κ2) is 6.93. The highest BCUT2D eigenvalue weighted by Crippen LogP contribution is 2.46. The number of carbonyl (C=O) groups is 1. The molecule has 0 aromatic carbocycles. The summed E-state index contributed by atoms with van der Waals surface area (Å²) in [6.45, 7) is 9.23. The van der Waals surface area contributed by atoms with Crippen molar-refractivity contribution in [3.8, 4) is 0 Å². The van der Waals surface area contributed by atoms with E-state index in [9.17, 15) is 4.79 Å². The van der Waals surface area contributed by atoms with Crippen molar-refractivity contribution < 1.29 is 14.3 Å². The second-order valence-electron chi connectivity index (χ2n) is 8.83. The predicted octanol–water partition coefficient (Wildman–Crippen LogP) is 3.37. The third-order valence-corrected chi connectivity index (χ3v) is 5.53. The van der Waals surface area contributed by atoms with Crippen LogP contribution in [0.15, 0.2) is 0 Å².